The molecule has 2 fully saturated rings. The molecule has 0 radical (unpaired) electrons. The molecule has 5 rings (SSSR count). The summed E-state index contributed by atoms with van der Waals surface area (Å²) in [7, 11) is 0. The van der Waals surface area contributed by atoms with Crippen molar-refractivity contribution in [3.8, 4) is 0 Å². The Hall–Kier alpha value is -2.62. The molecular weight excluding hydrogens is 520 g/mol. The molecule has 0 bridgehead atoms. The van der Waals surface area contributed by atoms with Crippen molar-refractivity contribution in [3.05, 3.63) is 108 Å². The van der Waals surface area contributed by atoms with Crippen LogP contribution in [0.3, 0.4) is 0 Å². The Morgan fingerprint density at radius 2 is 0.976 bits per heavy atom. The van der Waals surface area contributed by atoms with Crippen LogP contribution in [0.1, 0.15) is 37.5 Å². The van der Waals surface area contributed by atoms with E-state index in [1.165, 1.54) is 0 Å². The lowest BCUT2D eigenvalue weighted by atomic mass is 9.92. The predicted octanol–water partition coefficient (Wildman–Crippen LogP) is 4.92. The average Bonchev–Trinajstić information content (AvgIpc) is 3.01. The standard InChI is InChI=1S/C20H24O4.C14H20O3/c1-15-19(21)20(24-13-17-10-6-3-7-11-17)18(14-22-15)23-12-16-8-4-2-5-9-16;1-10-11(2)16-9-13(14(10)15)17-8-12-6-4-3-5-7-12/h2-11,15,18-21H,12-14H2,1H3;3-7,10-11,13-15H,8-9H2,1-2H3/t15?,18?,19-,20-;10-,11?,13?,14+/m11/s1. The van der Waals surface area contributed by atoms with Crippen LogP contribution in [0.25, 0.3) is 0 Å². The first-order valence-corrected chi connectivity index (χ1v) is 14.5. The summed E-state index contributed by atoms with van der Waals surface area (Å²) in [5.74, 6) is 0.115. The van der Waals surface area contributed by atoms with Gasteiger partial charge in [0.05, 0.1) is 51.3 Å². The van der Waals surface area contributed by atoms with Gasteiger partial charge in [-0.2, -0.15) is 0 Å². The van der Waals surface area contributed by atoms with Gasteiger partial charge in [0.2, 0.25) is 0 Å². The van der Waals surface area contributed by atoms with Gasteiger partial charge in [-0.3, -0.25) is 0 Å². The maximum absolute atomic E-state index is 10.5. The second-order valence-corrected chi connectivity index (χ2v) is 10.8. The second-order valence-electron chi connectivity index (χ2n) is 10.8. The van der Waals surface area contributed by atoms with Crippen molar-refractivity contribution in [2.45, 2.75) is 83.3 Å². The van der Waals surface area contributed by atoms with E-state index in [0.29, 0.717) is 33.0 Å². The summed E-state index contributed by atoms with van der Waals surface area (Å²) in [5.41, 5.74) is 3.28. The fourth-order valence-electron chi connectivity index (χ4n) is 4.86. The molecule has 3 aromatic rings. The van der Waals surface area contributed by atoms with Crippen LogP contribution in [-0.2, 0) is 43.5 Å². The summed E-state index contributed by atoms with van der Waals surface area (Å²) < 4.78 is 28.9. The van der Waals surface area contributed by atoms with Gasteiger partial charge in [0.1, 0.15) is 24.4 Å². The van der Waals surface area contributed by atoms with E-state index in [1.807, 2.05) is 112 Å². The van der Waals surface area contributed by atoms with E-state index >= 15 is 0 Å². The lowest BCUT2D eigenvalue weighted by Crippen LogP contribution is -2.54. The minimum atomic E-state index is -0.705. The molecule has 222 valence electrons. The molecule has 2 aliphatic rings. The molecule has 2 saturated heterocycles. The van der Waals surface area contributed by atoms with Crippen LogP contribution < -0.4 is 0 Å². The zero-order valence-electron chi connectivity index (χ0n) is 24.3. The Balaban J connectivity index is 0.000000201. The molecule has 41 heavy (non-hydrogen) atoms. The van der Waals surface area contributed by atoms with E-state index in [1.54, 1.807) is 0 Å². The van der Waals surface area contributed by atoms with Crippen molar-refractivity contribution in [1.82, 2.24) is 0 Å². The fourth-order valence-corrected chi connectivity index (χ4v) is 4.86. The number of aliphatic hydroxyl groups is 2. The molecule has 4 unspecified atom stereocenters. The summed E-state index contributed by atoms with van der Waals surface area (Å²) in [5, 5.41) is 20.5. The molecule has 7 heteroatoms. The Morgan fingerprint density at radius 1 is 0.561 bits per heavy atom. The highest BCUT2D eigenvalue weighted by molar-refractivity contribution is 5.15. The molecular formula is C34H44O7. The van der Waals surface area contributed by atoms with Gasteiger partial charge in [-0.25, -0.2) is 0 Å². The minimum Gasteiger partial charge on any atom is -0.390 e. The molecule has 2 N–H and O–H groups in total. The zero-order valence-corrected chi connectivity index (χ0v) is 24.3. The first-order chi connectivity index (χ1) is 19.9. The minimum absolute atomic E-state index is 0.0987. The second kappa shape index (κ2) is 16.1. The molecule has 2 heterocycles. The first-order valence-electron chi connectivity index (χ1n) is 14.5. The molecule has 3 aromatic carbocycles. The lowest BCUT2D eigenvalue weighted by molar-refractivity contribution is -0.218. The Labute approximate surface area is 244 Å². The third kappa shape index (κ3) is 9.45. The third-order valence-electron chi connectivity index (χ3n) is 7.79. The Morgan fingerprint density at radius 3 is 1.49 bits per heavy atom. The van der Waals surface area contributed by atoms with Crippen LogP contribution in [-0.4, -0.2) is 66.2 Å². The van der Waals surface area contributed by atoms with E-state index in [9.17, 15) is 10.2 Å². The average molecular weight is 565 g/mol. The molecule has 0 aliphatic carbocycles. The van der Waals surface area contributed by atoms with E-state index in [0.717, 1.165) is 16.7 Å². The summed E-state index contributed by atoms with van der Waals surface area (Å²) in [6.07, 6.45) is -2.23. The highest BCUT2D eigenvalue weighted by atomic mass is 16.6. The van der Waals surface area contributed by atoms with Crippen molar-refractivity contribution >= 4 is 0 Å². The predicted molar refractivity (Wildman–Crippen MR) is 157 cm³/mol. The van der Waals surface area contributed by atoms with Crippen LogP contribution >= 0.6 is 0 Å². The van der Waals surface area contributed by atoms with Crippen molar-refractivity contribution in [1.29, 1.82) is 0 Å². The molecule has 2 aliphatic heterocycles. The van der Waals surface area contributed by atoms with Crippen molar-refractivity contribution in [2.75, 3.05) is 13.2 Å². The van der Waals surface area contributed by atoms with Crippen molar-refractivity contribution in [2.24, 2.45) is 5.92 Å². The topological polar surface area (TPSA) is 86.6 Å². The lowest BCUT2D eigenvalue weighted by Gasteiger charge is -2.38. The quantitative estimate of drug-likeness (QED) is 0.381. The van der Waals surface area contributed by atoms with Crippen molar-refractivity contribution < 1.29 is 33.9 Å². The maximum Gasteiger partial charge on any atom is 0.115 e. The number of hydrogen-bond acceptors (Lipinski definition) is 7. The molecule has 7 nitrogen and oxygen atoms in total. The summed E-state index contributed by atoms with van der Waals surface area (Å²) >= 11 is 0. The van der Waals surface area contributed by atoms with Crippen molar-refractivity contribution in [3.63, 3.8) is 0 Å². The van der Waals surface area contributed by atoms with Crippen LogP contribution in [0, 0.1) is 5.92 Å². The van der Waals surface area contributed by atoms with Gasteiger partial charge < -0.3 is 33.9 Å². The van der Waals surface area contributed by atoms with Crippen LogP contribution in [0.2, 0.25) is 0 Å². The maximum atomic E-state index is 10.5. The summed E-state index contributed by atoms with van der Waals surface area (Å²) in [4.78, 5) is 0. The fraction of sp³-hybridized carbons (Fsp3) is 0.471. The summed E-state index contributed by atoms with van der Waals surface area (Å²) in [6.45, 7) is 8.17. The van der Waals surface area contributed by atoms with Crippen LogP contribution in [0.4, 0.5) is 0 Å². The SMILES string of the molecule is CC1OCC(OCc2ccccc2)[C@@H](O)[C@@H]1C.CC1OCC(OCc2ccccc2)[C@@H](OCc2ccccc2)[C@@H]1O. The van der Waals surface area contributed by atoms with Gasteiger partial charge in [-0.15, -0.1) is 0 Å². The molecule has 0 amide bonds. The largest absolute Gasteiger partial charge is 0.390 e. The monoisotopic (exact) mass is 564 g/mol. The number of benzene rings is 3. The van der Waals surface area contributed by atoms with E-state index in [-0.39, 0.29) is 30.3 Å². The highest BCUT2D eigenvalue weighted by Crippen LogP contribution is 2.24. The summed E-state index contributed by atoms with van der Waals surface area (Å²) in [6, 6.07) is 29.9. The van der Waals surface area contributed by atoms with E-state index < -0.39 is 18.3 Å². The third-order valence-corrected chi connectivity index (χ3v) is 7.79. The van der Waals surface area contributed by atoms with Crippen LogP contribution in [0.15, 0.2) is 91.0 Å². The van der Waals surface area contributed by atoms with E-state index in [4.69, 9.17) is 23.7 Å². The normalized spacial score (nSPS) is 29.8. The smallest absolute Gasteiger partial charge is 0.115 e. The Kier molecular flexibility index (Phi) is 12.3. The number of rotatable bonds is 9. The van der Waals surface area contributed by atoms with Gasteiger partial charge in [0, 0.05) is 5.92 Å². The van der Waals surface area contributed by atoms with Gasteiger partial charge in [0.15, 0.2) is 0 Å². The van der Waals surface area contributed by atoms with E-state index in [2.05, 4.69) is 0 Å². The molecule has 0 spiro atoms. The zero-order chi connectivity index (χ0) is 29.0. The molecule has 0 aromatic heterocycles. The molecule has 8 atom stereocenters. The first kappa shape index (κ1) is 31.3. The van der Waals surface area contributed by atoms with Crippen LogP contribution in [0.5, 0.6) is 0 Å². The van der Waals surface area contributed by atoms with Gasteiger partial charge in [-0.05, 0) is 30.5 Å². The Bertz CT molecular complexity index is 1110. The van der Waals surface area contributed by atoms with Gasteiger partial charge in [-0.1, -0.05) is 97.9 Å². The van der Waals surface area contributed by atoms with Gasteiger partial charge >= 0.3 is 0 Å². The highest BCUT2D eigenvalue weighted by Gasteiger charge is 2.39. The van der Waals surface area contributed by atoms with Gasteiger partial charge in [0.25, 0.3) is 0 Å². The number of ether oxygens (including phenoxy) is 5. The molecule has 0 saturated carbocycles. The number of hydrogen-bond donors (Lipinski definition) is 2. The number of aliphatic hydroxyl groups excluding tert-OH is 2.